The van der Waals surface area contributed by atoms with Crippen molar-refractivity contribution in [2.24, 2.45) is 7.05 Å². The molecular weight excluding hydrogens is 264 g/mol. The molecule has 6 heteroatoms. The minimum Gasteiger partial charge on any atom is -0.384 e. The number of anilines is 2. The number of imidazole rings is 1. The Bertz CT molecular complexity index is 735. The third kappa shape index (κ3) is 3.00. The summed E-state index contributed by atoms with van der Waals surface area (Å²) < 4.78 is 1.95. The van der Waals surface area contributed by atoms with Gasteiger partial charge in [-0.3, -0.25) is 0 Å². The van der Waals surface area contributed by atoms with E-state index in [9.17, 15) is 0 Å². The molecule has 3 aromatic rings. The molecule has 2 heterocycles. The second-order valence-electron chi connectivity index (χ2n) is 4.68. The molecule has 0 unspecified atom stereocenters. The van der Waals surface area contributed by atoms with Gasteiger partial charge in [0.15, 0.2) is 5.82 Å². The molecule has 0 amide bonds. The van der Waals surface area contributed by atoms with Crippen LogP contribution in [0, 0.1) is 0 Å². The standard InChI is InChI=1S/C15H16N6/c1-21-8-7-17-14(21)10-18-13-9-12(16)19-15(20-13)11-5-3-2-4-6-11/h2-9H,10H2,1H3,(H3,16,18,19,20). The summed E-state index contributed by atoms with van der Waals surface area (Å²) in [6.07, 6.45) is 3.67. The molecule has 0 aliphatic heterocycles. The highest BCUT2D eigenvalue weighted by molar-refractivity contribution is 5.60. The summed E-state index contributed by atoms with van der Waals surface area (Å²) in [7, 11) is 1.95. The van der Waals surface area contributed by atoms with E-state index in [-0.39, 0.29) is 0 Å². The van der Waals surface area contributed by atoms with Crippen LogP contribution in [0.4, 0.5) is 11.6 Å². The summed E-state index contributed by atoms with van der Waals surface area (Å²) in [6, 6.07) is 11.5. The highest BCUT2D eigenvalue weighted by atomic mass is 15.1. The van der Waals surface area contributed by atoms with Crippen molar-refractivity contribution in [3.8, 4) is 11.4 Å². The first-order valence-electron chi connectivity index (χ1n) is 6.62. The zero-order valence-corrected chi connectivity index (χ0v) is 11.7. The van der Waals surface area contributed by atoms with Gasteiger partial charge in [-0.2, -0.15) is 0 Å². The zero-order valence-electron chi connectivity index (χ0n) is 11.7. The van der Waals surface area contributed by atoms with Crippen molar-refractivity contribution in [3.63, 3.8) is 0 Å². The van der Waals surface area contributed by atoms with E-state index in [0.717, 1.165) is 11.4 Å². The lowest BCUT2D eigenvalue weighted by atomic mass is 10.2. The first kappa shape index (κ1) is 13.1. The van der Waals surface area contributed by atoms with E-state index in [0.29, 0.717) is 24.0 Å². The molecule has 3 N–H and O–H groups in total. The van der Waals surface area contributed by atoms with Crippen LogP contribution < -0.4 is 11.1 Å². The van der Waals surface area contributed by atoms with E-state index in [1.807, 2.05) is 48.1 Å². The average molecular weight is 280 g/mol. The van der Waals surface area contributed by atoms with Crippen LogP contribution in [0.25, 0.3) is 11.4 Å². The van der Waals surface area contributed by atoms with Crippen LogP contribution in [0.1, 0.15) is 5.82 Å². The van der Waals surface area contributed by atoms with Crippen LogP contribution in [0.3, 0.4) is 0 Å². The van der Waals surface area contributed by atoms with E-state index in [2.05, 4.69) is 20.3 Å². The Morgan fingerprint density at radius 2 is 2.00 bits per heavy atom. The van der Waals surface area contributed by atoms with Crippen molar-refractivity contribution in [3.05, 3.63) is 54.6 Å². The Kier molecular flexibility index (Phi) is 3.51. The molecule has 2 aromatic heterocycles. The van der Waals surface area contributed by atoms with E-state index < -0.39 is 0 Å². The fourth-order valence-corrected chi connectivity index (χ4v) is 2.01. The van der Waals surface area contributed by atoms with Gasteiger partial charge in [-0.05, 0) is 0 Å². The SMILES string of the molecule is Cn1ccnc1CNc1cc(N)nc(-c2ccccc2)n1. The summed E-state index contributed by atoms with van der Waals surface area (Å²) in [6.45, 7) is 0.578. The molecule has 0 bridgehead atoms. The highest BCUT2D eigenvalue weighted by Crippen LogP contribution is 2.18. The van der Waals surface area contributed by atoms with Crippen LogP contribution in [0.2, 0.25) is 0 Å². The Hall–Kier alpha value is -2.89. The van der Waals surface area contributed by atoms with Gasteiger partial charge in [-0.1, -0.05) is 30.3 Å². The third-order valence-corrected chi connectivity index (χ3v) is 3.13. The Morgan fingerprint density at radius 3 is 2.71 bits per heavy atom. The fraction of sp³-hybridized carbons (Fsp3) is 0.133. The number of nitrogens with two attached hydrogens (primary N) is 1. The van der Waals surface area contributed by atoms with Crippen LogP contribution in [0.15, 0.2) is 48.8 Å². The number of rotatable bonds is 4. The first-order valence-corrected chi connectivity index (χ1v) is 6.62. The van der Waals surface area contributed by atoms with Crippen LogP contribution in [-0.2, 0) is 13.6 Å². The monoisotopic (exact) mass is 280 g/mol. The second-order valence-corrected chi connectivity index (χ2v) is 4.68. The highest BCUT2D eigenvalue weighted by Gasteiger charge is 2.06. The van der Waals surface area contributed by atoms with Crippen molar-refractivity contribution in [1.82, 2.24) is 19.5 Å². The number of hydrogen-bond acceptors (Lipinski definition) is 5. The summed E-state index contributed by atoms with van der Waals surface area (Å²) in [5.41, 5.74) is 6.80. The molecule has 1 aromatic carbocycles. The van der Waals surface area contributed by atoms with E-state index >= 15 is 0 Å². The normalized spacial score (nSPS) is 10.5. The maximum Gasteiger partial charge on any atom is 0.163 e. The van der Waals surface area contributed by atoms with Gasteiger partial charge in [-0.15, -0.1) is 0 Å². The maximum atomic E-state index is 5.86. The van der Waals surface area contributed by atoms with Crippen molar-refractivity contribution in [1.29, 1.82) is 0 Å². The average Bonchev–Trinajstić information content (AvgIpc) is 2.91. The molecule has 0 aliphatic rings. The van der Waals surface area contributed by atoms with Gasteiger partial charge in [0.1, 0.15) is 17.5 Å². The number of hydrogen-bond donors (Lipinski definition) is 2. The Balaban J connectivity index is 1.83. The van der Waals surface area contributed by atoms with Gasteiger partial charge in [-0.25, -0.2) is 15.0 Å². The minimum absolute atomic E-state index is 0.436. The summed E-state index contributed by atoms with van der Waals surface area (Å²) in [4.78, 5) is 13.0. The fourth-order valence-electron chi connectivity index (χ4n) is 2.01. The summed E-state index contributed by atoms with van der Waals surface area (Å²) in [5, 5.41) is 3.22. The van der Waals surface area contributed by atoms with Crippen LogP contribution >= 0.6 is 0 Å². The number of aromatic nitrogens is 4. The van der Waals surface area contributed by atoms with Crippen molar-refractivity contribution < 1.29 is 0 Å². The summed E-state index contributed by atoms with van der Waals surface area (Å²) >= 11 is 0. The van der Waals surface area contributed by atoms with Gasteiger partial charge in [0.2, 0.25) is 0 Å². The van der Waals surface area contributed by atoms with Gasteiger partial charge in [0, 0.05) is 31.1 Å². The molecule has 0 aliphatic carbocycles. The quantitative estimate of drug-likeness (QED) is 0.764. The first-order chi connectivity index (χ1) is 10.2. The van der Waals surface area contributed by atoms with Gasteiger partial charge in [0.25, 0.3) is 0 Å². The lowest BCUT2D eigenvalue weighted by Crippen LogP contribution is -2.08. The number of nitrogen functional groups attached to an aromatic ring is 1. The molecule has 0 atom stereocenters. The molecule has 21 heavy (non-hydrogen) atoms. The number of nitrogens with zero attached hydrogens (tertiary/aromatic N) is 4. The van der Waals surface area contributed by atoms with E-state index in [1.54, 1.807) is 12.3 Å². The number of benzene rings is 1. The van der Waals surface area contributed by atoms with Crippen molar-refractivity contribution in [2.45, 2.75) is 6.54 Å². The van der Waals surface area contributed by atoms with E-state index in [4.69, 9.17) is 5.73 Å². The molecule has 6 nitrogen and oxygen atoms in total. The van der Waals surface area contributed by atoms with Crippen LogP contribution in [-0.4, -0.2) is 19.5 Å². The third-order valence-electron chi connectivity index (χ3n) is 3.13. The molecule has 3 rings (SSSR count). The Labute approximate surface area is 122 Å². The predicted molar refractivity (Wildman–Crippen MR) is 82.4 cm³/mol. The van der Waals surface area contributed by atoms with Crippen molar-refractivity contribution in [2.75, 3.05) is 11.1 Å². The largest absolute Gasteiger partial charge is 0.384 e. The molecule has 0 fully saturated rings. The topological polar surface area (TPSA) is 81.7 Å². The smallest absolute Gasteiger partial charge is 0.163 e. The van der Waals surface area contributed by atoms with Crippen LogP contribution in [0.5, 0.6) is 0 Å². The van der Waals surface area contributed by atoms with Crippen molar-refractivity contribution >= 4 is 11.6 Å². The molecular formula is C15H16N6. The minimum atomic E-state index is 0.436. The number of nitrogens with one attached hydrogen (secondary N) is 1. The van der Waals surface area contributed by atoms with E-state index in [1.165, 1.54) is 0 Å². The summed E-state index contributed by atoms with van der Waals surface area (Å²) in [5.74, 6) is 2.65. The Morgan fingerprint density at radius 1 is 1.19 bits per heavy atom. The molecule has 0 saturated carbocycles. The van der Waals surface area contributed by atoms with Gasteiger partial charge in [0.05, 0.1) is 6.54 Å². The maximum absolute atomic E-state index is 5.86. The van der Waals surface area contributed by atoms with Gasteiger partial charge >= 0.3 is 0 Å². The molecule has 106 valence electrons. The predicted octanol–water partition coefficient (Wildman–Crippen LogP) is 2.07. The molecule has 0 spiro atoms. The van der Waals surface area contributed by atoms with Gasteiger partial charge < -0.3 is 15.6 Å². The molecule has 0 saturated heterocycles. The number of aryl methyl sites for hydroxylation is 1. The second kappa shape index (κ2) is 5.62. The zero-order chi connectivity index (χ0) is 14.7. The molecule has 0 radical (unpaired) electrons. The lowest BCUT2D eigenvalue weighted by molar-refractivity contribution is 0.810. The lowest BCUT2D eigenvalue weighted by Gasteiger charge is -2.08.